The number of nitro benzene ring substituents is 2. The SMILES string of the molecule is CCc1ncc2c(n1)CN(c1c([N+](=O)[O-])cc(C(F)(F)F)cc1[N+](=O)[O-])CC2. The van der Waals surface area contributed by atoms with Crippen LogP contribution in [-0.4, -0.2) is 26.4 Å². The minimum atomic E-state index is -4.95. The smallest absolute Gasteiger partial charge is 0.354 e. The second-order valence-corrected chi connectivity index (χ2v) is 6.16. The van der Waals surface area contributed by atoms with Gasteiger partial charge in [0.1, 0.15) is 5.82 Å². The highest BCUT2D eigenvalue weighted by Crippen LogP contribution is 2.44. The molecule has 0 bridgehead atoms. The summed E-state index contributed by atoms with van der Waals surface area (Å²) in [4.78, 5) is 30.6. The van der Waals surface area contributed by atoms with Crippen LogP contribution in [-0.2, 0) is 25.6 Å². The number of hydrogen-bond acceptors (Lipinski definition) is 7. The predicted molar refractivity (Wildman–Crippen MR) is 90.9 cm³/mol. The summed E-state index contributed by atoms with van der Waals surface area (Å²) in [5.74, 6) is 0.539. The molecule has 0 atom stereocenters. The molecule has 0 radical (unpaired) electrons. The van der Waals surface area contributed by atoms with E-state index in [9.17, 15) is 33.4 Å². The summed E-state index contributed by atoms with van der Waals surface area (Å²) >= 11 is 0. The van der Waals surface area contributed by atoms with Crippen LogP contribution in [0.4, 0.5) is 30.2 Å². The number of benzene rings is 1. The van der Waals surface area contributed by atoms with Crippen LogP contribution in [0.25, 0.3) is 0 Å². The van der Waals surface area contributed by atoms with Crippen LogP contribution >= 0.6 is 0 Å². The number of nitro groups is 2. The molecular formula is C16H14F3N5O4. The predicted octanol–water partition coefficient (Wildman–Crippen LogP) is 3.44. The molecule has 9 nitrogen and oxygen atoms in total. The summed E-state index contributed by atoms with van der Waals surface area (Å²) in [7, 11) is 0. The molecule has 0 spiro atoms. The normalized spacial score (nSPS) is 13.9. The third-order valence-electron chi connectivity index (χ3n) is 4.42. The van der Waals surface area contributed by atoms with Crippen molar-refractivity contribution in [1.82, 2.24) is 9.97 Å². The summed E-state index contributed by atoms with van der Waals surface area (Å²) in [6.07, 6.45) is -2.41. The minimum absolute atomic E-state index is 0.00209. The van der Waals surface area contributed by atoms with E-state index >= 15 is 0 Å². The largest absolute Gasteiger partial charge is 0.416 e. The van der Waals surface area contributed by atoms with E-state index in [1.807, 2.05) is 6.92 Å². The summed E-state index contributed by atoms with van der Waals surface area (Å²) in [5.41, 5.74) is -2.48. The Balaban J connectivity index is 2.15. The van der Waals surface area contributed by atoms with Gasteiger partial charge in [0.05, 0.1) is 27.6 Å². The number of fused-ring (bicyclic) bond motifs is 1. The number of halogens is 3. The minimum Gasteiger partial charge on any atom is -0.354 e. The molecule has 0 saturated carbocycles. The van der Waals surface area contributed by atoms with Gasteiger partial charge in [0, 0.05) is 31.3 Å². The maximum absolute atomic E-state index is 13.1. The zero-order chi connectivity index (χ0) is 20.6. The molecule has 0 aliphatic carbocycles. The van der Waals surface area contributed by atoms with Crippen molar-refractivity contribution < 1.29 is 23.0 Å². The van der Waals surface area contributed by atoms with Crippen molar-refractivity contribution in [2.45, 2.75) is 32.5 Å². The lowest BCUT2D eigenvalue weighted by molar-refractivity contribution is -0.393. The van der Waals surface area contributed by atoms with E-state index in [-0.39, 0.29) is 13.1 Å². The Labute approximate surface area is 156 Å². The second kappa shape index (κ2) is 7.02. The fraction of sp³-hybridized carbons (Fsp3) is 0.375. The molecule has 28 heavy (non-hydrogen) atoms. The van der Waals surface area contributed by atoms with Gasteiger partial charge in [-0.2, -0.15) is 13.2 Å². The van der Waals surface area contributed by atoms with Gasteiger partial charge in [0.15, 0.2) is 5.69 Å². The van der Waals surface area contributed by atoms with Gasteiger partial charge in [-0.25, -0.2) is 9.97 Å². The quantitative estimate of drug-likeness (QED) is 0.573. The van der Waals surface area contributed by atoms with Crippen molar-refractivity contribution in [2.24, 2.45) is 0 Å². The zero-order valence-corrected chi connectivity index (χ0v) is 14.6. The van der Waals surface area contributed by atoms with Crippen LogP contribution in [0.5, 0.6) is 0 Å². The molecule has 1 aromatic carbocycles. The maximum Gasteiger partial charge on any atom is 0.416 e. The van der Waals surface area contributed by atoms with Crippen LogP contribution < -0.4 is 4.90 Å². The average Bonchev–Trinajstić information content (AvgIpc) is 2.65. The van der Waals surface area contributed by atoms with E-state index in [4.69, 9.17) is 0 Å². The van der Waals surface area contributed by atoms with Crippen molar-refractivity contribution in [3.63, 3.8) is 0 Å². The van der Waals surface area contributed by atoms with E-state index in [1.54, 1.807) is 6.20 Å². The number of aryl methyl sites for hydroxylation is 1. The Morgan fingerprint density at radius 2 is 1.79 bits per heavy atom. The lowest BCUT2D eigenvalue weighted by Gasteiger charge is -2.29. The van der Waals surface area contributed by atoms with Crippen molar-refractivity contribution in [3.05, 3.63) is 61.2 Å². The van der Waals surface area contributed by atoms with Crippen LogP contribution in [0, 0.1) is 20.2 Å². The van der Waals surface area contributed by atoms with Gasteiger partial charge < -0.3 is 4.90 Å². The van der Waals surface area contributed by atoms with Gasteiger partial charge in [-0.3, -0.25) is 20.2 Å². The Morgan fingerprint density at radius 3 is 2.29 bits per heavy atom. The number of aromatic nitrogens is 2. The number of alkyl halides is 3. The molecule has 0 fully saturated rings. The summed E-state index contributed by atoms with van der Waals surface area (Å²) in [5, 5.41) is 22.9. The molecule has 3 rings (SSSR count). The lowest BCUT2D eigenvalue weighted by atomic mass is 10.0. The summed E-state index contributed by atoms with van der Waals surface area (Å²) < 4.78 is 39.2. The van der Waals surface area contributed by atoms with Crippen molar-refractivity contribution in [2.75, 3.05) is 11.4 Å². The van der Waals surface area contributed by atoms with E-state index in [0.717, 1.165) is 5.56 Å². The molecule has 0 N–H and O–H groups in total. The topological polar surface area (TPSA) is 115 Å². The Morgan fingerprint density at radius 1 is 1.18 bits per heavy atom. The highest BCUT2D eigenvalue weighted by Gasteiger charge is 2.39. The first kappa shape index (κ1) is 19.5. The zero-order valence-electron chi connectivity index (χ0n) is 14.6. The first-order valence-electron chi connectivity index (χ1n) is 8.24. The average molecular weight is 397 g/mol. The van der Waals surface area contributed by atoms with Crippen LogP contribution in [0.1, 0.15) is 29.6 Å². The maximum atomic E-state index is 13.1. The monoisotopic (exact) mass is 397 g/mol. The van der Waals surface area contributed by atoms with Crippen LogP contribution in [0.3, 0.4) is 0 Å². The van der Waals surface area contributed by atoms with Crippen LogP contribution in [0.2, 0.25) is 0 Å². The van der Waals surface area contributed by atoms with Gasteiger partial charge in [-0.1, -0.05) is 6.92 Å². The Hall–Kier alpha value is -3.31. The number of nitrogens with zero attached hydrogens (tertiary/aromatic N) is 5. The standard InChI is InChI=1S/C16H14F3N5O4/c1-2-14-20-7-9-3-4-22(8-11(9)21-14)15-12(23(25)26)5-10(16(17,18)19)6-13(15)24(27)28/h5-7H,2-4,8H2,1H3. The van der Waals surface area contributed by atoms with Gasteiger partial charge in [0.25, 0.3) is 11.4 Å². The Kier molecular flexibility index (Phi) is 4.87. The van der Waals surface area contributed by atoms with E-state index in [1.165, 1.54) is 4.90 Å². The van der Waals surface area contributed by atoms with E-state index in [2.05, 4.69) is 9.97 Å². The van der Waals surface area contributed by atoms with Crippen molar-refractivity contribution in [3.8, 4) is 0 Å². The van der Waals surface area contributed by atoms with E-state index in [0.29, 0.717) is 36.5 Å². The van der Waals surface area contributed by atoms with Gasteiger partial charge in [-0.15, -0.1) is 0 Å². The molecule has 1 aliphatic rings. The number of hydrogen-bond donors (Lipinski definition) is 0. The molecule has 0 amide bonds. The fourth-order valence-corrected chi connectivity index (χ4v) is 3.08. The van der Waals surface area contributed by atoms with Gasteiger partial charge in [0.2, 0.25) is 0 Å². The lowest BCUT2D eigenvalue weighted by Crippen LogP contribution is -2.32. The van der Waals surface area contributed by atoms with Gasteiger partial charge in [-0.05, 0) is 12.0 Å². The van der Waals surface area contributed by atoms with Crippen LogP contribution in [0.15, 0.2) is 18.3 Å². The van der Waals surface area contributed by atoms with E-state index < -0.39 is 38.6 Å². The molecule has 1 aromatic heterocycles. The molecular weight excluding hydrogens is 383 g/mol. The molecule has 2 heterocycles. The molecule has 2 aromatic rings. The third kappa shape index (κ3) is 3.57. The summed E-state index contributed by atoms with van der Waals surface area (Å²) in [6, 6.07) is 0.657. The fourth-order valence-electron chi connectivity index (χ4n) is 3.08. The third-order valence-corrected chi connectivity index (χ3v) is 4.42. The molecule has 148 valence electrons. The number of rotatable bonds is 4. The summed E-state index contributed by atoms with van der Waals surface area (Å²) in [6.45, 7) is 1.99. The molecule has 1 aliphatic heterocycles. The second-order valence-electron chi connectivity index (χ2n) is 6.16. The highest BCUT2D eigenvalue weighted by molar-refractivity contribution is 5.76. The molecule has 0 saturated heterocycles. The first-order valence-corrected chi connectivity index (χ1v) is 8.24. The first-order chi connectivity index (χ1) is 13.1. The molecule has 12 heteroatoms. The Bertz CT molecular complexity index is 929. The van der Waals surface area contributed by atoms with Gasteiger partial charge >= 0.3 is 6.18 Å². The van der Waals surface area contributed by atoms with Crippen molar-refractivity contribution in [1.29, 1.82) is 0 Å². The number of anilines is 1. The van der Waals surface area contributed by atoms with Crippen molar-refractivity contribution >= 4 is 17.1 Å². The molecule has 0 unspecified atom stereocenters. The highest BCUT2D eigenvalue weighted by atomic mass is 19.4.